The first-order valence-corrected chi connectivity index (χ1v) is 11.1. The lowest BCUT2D eigenvalue weighted by atomic mass is 9.89. The quantitative estimate of drug-likeness (QED) is 0.464. The average Bonchev–Trinajstić information content (AvgIpc) is 2.82. The van der Waals surface area contributed by atoms with Crippen molar-refractivity contribution in [3.8, 4) is 0 Å². The fourth-order valence-electron chi connectivity index (χ4n) is 4.10. The van der Waals surface area contributed by atoms with E-state index in [2.05, 4.69) is 51.2 Å². The van der Waals surface area contributed by atoms with Crippen molar-refractivity contribution in [2.24, 2.45) is 0 Å². The fourth-order valence-corrected chi connectivity index (χ4v) is 4.28. The van der Waals surface area contributed by atoms with E-state index in [0.29, 0.717) is 22.6 Å². The zero-order valence-corrected chi connectivity index (χ0v) is 19.3. The first-order valence-electron chi connectivity index (χ1n) is 10.7. The topological polar surface area (TPSA) is 82.2 Å². The van der Waals surface area contributed by atoms with Crippen molar-refractivity contribution >= 4 is 45.6 Å². The molecular weight excluding hydrogens is 443 g/mol. The fraction of sp³-hybridized carbons (Fsp3) is 0.292. The molecule has 1 fully saturated rings. The number of fused-ring (bicyclic) bond motifs is 1. The van der Waals surface area contributed by atoms with Gasteiger partial charge in [0, 0.05) is 48.5 Å². The maximum atomic E-state index is 13.6. The van der Waals surface area contributed by atoms with Crippen LogP contribution >= 0.6 is 11.6 Å². The Balaban J connectivity index is 1.81. The number of piperazine rings is 1. The molecule has 0 atom stereocenters. The molecule has 1 saturated heterocycles. The van der Waals surface area contributed by atoms with Crippen molar-refractivity contribution in [3.05, 3.63) is 65.7 Å². The molecule has 0 radical (unpaired) electrons. The maximum Gasteiger partial charge on any atom is 0.247 e. The van der Waals surface area contributed by atoms with Crippen molar-refractivity contribution in [2.45, 2.75) is 19.4 Å². The van der Waals surface area contributed by atoms with E-state index >= 15 is 0 Å². The Morgan fingerprint density at radius 1 is 1.24 bits per heavy atom. The molecular formula is C24H26ClFN6O. The first-order chi connectivity index (χ1) is 15.8. The number of halogens is 2. The van der Waals surface area contributed by atoms with E-state index in [1.165, 1.54) is 24.5 Å². The second-order valence-corrected chi connectivity index (χ2v) is 8.79. The van der Waals surface area contributed by atoms with E-state index in [4.69, 9.17) is 11.6 Å². The molecule has 1 aliphatic heterocycles. The number of nitrogens with one attached hydrogen (secondary N) is 3. The zero-order chi connectivity index (χ0) is 23.6. The number of hydrogen-bond acceptors (Lipinski definition) is 6. The van der Waals surface area contributed by atoms with Crippen LogP contribution in [0.25, 0.3) is 10.9 Å². The number of rotatable bonds is 6. The number of nitrogens with zero attached hydrogens (tertiary/aromatic N) is 3. The molecule has 1 aliphatic rings. The van der Waals surface area contributed by atoms with Gasteiger partial charge in [0.1, 0.15) is 18.0 Å². The number of aromatic nitrogens is 2. The summed E-state index contributed by atoms with van der Waals surface area (Å²) in [7, 11) is 0. The zero-order valence-electron chi connectivity index (χ0n) is 18.6. The summed E-state index contributed by atoms with van der Waals surface area (Å²) >= 11 is 5.93. The van der Waals surface area contributed by atoms with Crippen LogP contribution in [0.3, 0.4) is 0 Å². The molecule has 0 saturated carbocycles. The summed E-state index contributed by atoms with van der Waals surface area (Å²) < 4.78 is 13.6. The molecule has 1 amide bonds. The van der Waals surface area contributed by atoms with Crippen LogP contribution in [0.4, 0.5) is 21.6 Å². The molecule has 9 heteroatoms. The van der Waals surface area contributed by atoms with Gasteiger partial charge in [-0.1, -0.05) is 18.2 Å². The summed E-state index contributed by atoms with van der Waals surface area (Å²) in [6, 6.07) is 8.21. The smallest absolute Gasteiger partial charge is 0.247 e. The van der Waals surface area contributed by atoms with Crippen LogP contribution < -0.4 is 16.0 Å². The minimum absolute atomic E-state index is 0.0114. The first kappa shape index (κ1) is 23.1. The number of hydrogen-bond donors (Lipinski definition) is 3. The monoisotopic (exact) mass is 468 g/mol. The van der Waals surface area contributed by atoms with Gasteiger partial charge in [0.15, 0.2) is 0 Å². The number of anilines is 3. The van der Waals surface area contributed by atoms with Crippen LogP contribution in [0, 0.1) is 5.82 Å². The molecule has 1 aromatic heterocycles. The van der Waals surface area contributed by atoms with Crippen LogP contribution in [-0.4, -0.2) is 47.0 Å². The van der Waals surface area contributed by atoms with Crippen LogP contribution in [0.15, 0.2) is 49.3 Å². The Morgan fingerprint density at radius 3 is 2.70 bits per heavy atom. The van der Waals surface area contributed by atoms with Crippen LogP contribution in [0.2, 0.25) is 5.02 Å². The second-order valence-electron chi connectivity index (χ2n) is 8.38. The summed E-state index contributed by atoms with van der Waals surface area (Å²) in [4.78, 5) is 23.5. The van der Waals surface area contributed by atoms with E-state index in [9.17, 15) is 9.18 Å². The van der Waals surface area contributed by atoms with Crippen molar-refractivity contribution in [2.75, 3.05) is 36.8 Å². The van der Waals surface area contributed by atoms with Gasteiger partial charge in [0.2, 0.25) is 5.91 Å². The molecule has 0 unspecified atom stereocenters. The van der Waals surface area contributed by atoms with Crippen molar-refractivity contribution in [3.63, 3.8) is 0 Å². The van der Waals surface area contributed by atoms with Crippen LogP contribution in [0.5, 0.6) is 0 Å². The van der Waals surface area contributed by atoms with Gasteiger partial charge in [0.25, 0.3) is 0 Å². The molecule has 0 spiro atoms. The summed E-state index contributed by atoms with van der Waals surface area (Å²) in [5.74, 6) is -0.282. The summed E-state index contributed by atoms with van der Waals surface area (Å²) in [5.41, 5.74) is 2.55. The Labute approximate surface area is 197 Å². The molecule has 33 heavy (non-hydrogen) atoms. The van der Waals surface area contributed by atoms with Gasteiger partial charge in [-0.05, 0) is 55.8 Å². The molecule has 2 aromatic carbocycles. The molecule has 3 aromatic rings. The number of benzene rings is 2. The molecule has 4 rings (SSSR count). The largest absolute Gasteiger partial charge is 0.340 e. The lowest BCUT2D eigenvalue weighted by Crippen LogP contribution is -2.52. The Bertz CT molecular complexity index is 1210. The third-order valence-corrected chi connectivity index (χ3v) is 6.26. The van der Waals surface area contributed by atoms with Crippen LogP contribution in [0.1, 0.15) is 19.4 Å². The van der Waals surface area contributed by atoms with Crippen molar-refractivity contribution in [1.29, 1.82) is 0 Å². The van der Waals surface area contributed by atoms with Gasteiger partial charge in [-0.3, -0.25) is 9.69 Å². The number of carbonyl (C=O) groups is 1. The van der Waals surface area contributed by atoms with E-state index in [0.717, 1.165) is 37.3 Å². The standard InChI is InChI=1S/C24H26ClFN6O/c1-4-22(33)31-21-12-16-20(13-17(21)24(2,3)32-9-7-27-8-10-32)28-14-29-23(16)30-15-5-6-19(26)18(25)11-15/h4-6,11-14,27H,1,7-10H2,2-3H3,(H,31,33)(H,28,29,30). The van der Waals surface area contributed by atoms with Crippen LogP contribution in [-0.2, 0) is 10.3 Å². The highest BCUT2D eigenvalue weighted by Crippen LogP contribution is 2.38. The van der Waals surface area contributed by atoms with E-state index in [1.807, 2.05) is 12.1 Å². The van der Waals surface area contributed by atoms with Gasteiger partial charge in [-0.25, -0.2) is 14.4 Å². The number of amides is 1. The third kappa shape index (κ3) is 4.83. The minimum atomic E-state index is -0.496. The van der Waals surface area contributed by atoms with Gasteiger partial charge in [0.05, 0.1) is 10.5 Å². The van der Waals surface area contributed by atoms with E-state index < -0.39 is 5.82 Å². The Morgan fingerprint density at radius 2 is 2.00 bits per heavy atom. The third-order valence-electron chi connectivity index (χ3n) is 5.97. The molecule has 0 aliphatic carbocycles. The maximum absolute atomic E-state index is 13.6. The predicted octanol–water partition coefficient (Wildman–Crippen LogP) is 4.43. The highest BCUT2D eigenvalue weighted by molar-refractivity contribution is 6.31. The summed E-state index contributed by atoms with van der Waals surface area (Å²) in [5, 5.41) is 10.2. The van der Waals surface area contributed by atoms with Gasteiger partial charge >= 0.3 is 0 Å². The van der Waals surface area contributed by atoms with Crippen molar-refractivity contribution in [1.82, 2.24) is 20.2 Å². The Hall–Kier alpha value is -3.07. The normalized spacial score (nSPS) is 14.8. The van der Waals surface area contributed by atoms with Gasteiger partial charge in [-0.2, -0.15) is 0 Å². The highest BCUT2D eigenvalue weighted by Gasteiger charge is 2.32. The number of carbonyl (C=O) groups excluding carboxylic acids is 1. The minimum Gasteiger partial charge on any atom is -0.340 e. The molecule has 7 nitrogen and oxygen atoms in total. The highest BCUT2D eigenvalue weighted by atomic mass is 35.5. The molecule has 3 N–H and O–H groups in total. The van der Waals surface area contributed by atoms with Crippen molar-refractivity contribution < 1.29 is 9.18 Å². The van der Waals surface area contributed by atoms with Gasteiger partial charge in [-0.15, -0.1) is 0 Å². The SMILES string of the molecule is C=CC(=O)Nc1cc2c(Nc3ccc(F)c(Cl)c3)ncnc2cc1C(C)(C)N1CCNCC1. The summed E-state index contributed by atoms with van der Waals surface area (Å²) in [6.07, 6.45) is 2.71. The van der Waals surface area contributed by atoms with Gasteiger partial charge < -0.3 is 16.0 Å². The average molecular weight is 469 g/mol. The molecule has 2 heterocycles. The summed E-state index contributed by atoms with van der Waals surface area (Å²) in [6.45, 7) is 11.5. The second kappa shape index (κ2) is 9.43. The lowest BCUT2D eigenvalue weighted by molar-refractivity contribution is -0.111. The molecule has 0 bridgehead atoms. The lowest BCUT2D eigenvalue weighted by Gasteiger charge is -2.42. The Kier molecular flexibility index (Phi) is 6.60. The van der Waals surface area contributed by atoms with E-state index in [-0.39, 0.29) is 16.5 Å². The van der Waals surface area contributed by atoms with E-state index in [1.54, 1.807) is 6.07 Å². The predicted molar refractivity (Wildman–Crippen MR) is 131 cm³/mol. The molecule has 172 valence electrons.